The summed E-state index contributed by atoms with van der Waals surface area (Å²) in [5.74, 6) is -0.633. The van der Waals surface area contributed by atoms with E-state index in [4.69, 9.17) is 10.5 Å². The van der Waals surface area contributed by atoms with Crippen molar-refractivity contribution in [2.75, 3.05) is 13.2 Å². The van der Waals surface area contributed by atoms with E-state index in [2.05, 4.69) is 0 Å². The molecule has 1 heterocycles. The SMILES string of the molecule is CCOC(=O)C(C)N1CCCCC1C(N)=O. The summed E-state index contributed by atoms with van der Waals surface area (Å²) < 4.78 is 4.95. The van der Waals surface area contributed by atoms with Crippen molar-refractivity contribution in [1.82, 2.24) is 4.90 Å². The van der Waals surface area contributed by atoms with Gasteiger partial charge in [0.1, 0.15) is 6.04 Å². The van der Waals surface area contributed by atoms with E-state index in [1.165, 1.54) is 0 Å². The van der Waals surface area contributed by atoms with Gasteiger partial charge in [0, 0.05) is 0 Å². The number of amides is 1. The molecular formula is C11H20N2O3. The average molecular weight is 228 g/mol. The lowest BCUT2D eigenvalue weighted by molar-refractivity contribution is -0.151. The predicted molar refractivity (Wildman–Crippen MR) is 59.6 cm³/mol. The molecule has 0 saturated carbocycles. The minimum absolute atomic E-state index is 0.282. The molecule has 1 amide bonds. The van der Waals surface area contributed by atoms with Gasteiger partial charge < -0.3 is 10.5 Å². The lowest BCUT2D eigenvalue weighted by Gasteiger charge is -2.36. The fourth-order valence-corrected chi connectivity index (χ4v) is 2.12. The lowest BCUT2D eigenvalue weighted by atomic mass is 9.99. The number of hydrogen-bond acceptors (Lipinski definition) is 4. The van der Waals surface area contributed by atoms with Crippen LogP contribution in [0.15, 0.2) is 0 Å². The van der Waals surface area contributed by atoms with E-state index in [0.717, 1.165) is 25.8 Å². The molecule has 92 valence electrons. The van der Waals surface area contributed by atoms with Crippen molar-refractivity contribution >= 4 is 11.9 Å². The normalized spacial score (nSPS) is 23.8. The Morgan fingerprint density at radius 3 is 2.75 bits per heavy atom. The molecule has 1 aliphatic rings. The Morgan fingerprint density at radius 2 is 2.19 bits per heavy atom. The number of nitrogens with zero attached hydrogens (tertiary/aromatic N) is 1. The molecule has 2 N–H and O–H groups in total. The van der Waals surface area contributed by atoms with E-state index in [1.807, 2.05) is 4.90 Å². The second kappa shape index (κ2) is 5.84. The van der Waals surface area contributed by atoms with Crippen LogP contribution in [0, 0.1) is 0 Å². The molecule has 1 aliphatic heterocycles. The van der Waals surface area contributed by atoms with Gasteiger partial charge >= 0.3 is 5.97 Å². The summed E-state index contributed by atoms with van der Waals surface area (Å²) in [5, 5.41) is 0. The van der Waals surface area contributed by atoms with Crippen LogP contribution in [0.1, 0.15) is 33.1 Å². The molecule has 0 radical (unpaired) electrons. The number of carbonyl (C=O) groups excluding carboxylic acids is 2. The van der Waals surface area contributed by atoms with Crippen LogP contribution in [-0.4, -0.2) is 42.0 Å². The maximum Gasteiger partial charge on any atom is 0.323 e. The Hall–Kier alpha value is -1.10. The van der Waals surface area contributed by atoms with Crippen molar-refractivity contribution in [2.45, 2.75) is 45.2 Å². The quantitative estimate of drug-likeness (QED) is 0.701. The topological polar surface area (TPSA) is 72.6 Å². The maximum absolute atomic E-state index is 11.6. The van der Waals surface area contributed by atoms with Gasteiger partial charge in [-0.25, -0.2) is 0 Å². The monoisotopic (exact) mass is 228 g/mol. The number of ether oxygens (including phenoxy) is 1. The highest BCUT2D eigenvalue weighted by Crippen LogP contribution is 2.19. The Labute approximate surface area is 95.9 Å². The molecule has 2 atom stereocenters. The summed E-state index contributed by atoms with van der Waals surface area (Å²) in [6, 6.07) is -0.717. The second-order valence-corrected chi connectivity index (χ2v) is 4.08. The molecule has 5 heteroatoms. The lowest BCUT2D eigenvalue weighted by Crippen LogP contribution is -2.54. The van der Waals surface area contributed by atoms with Gasteiger partial charge in [-0.15, -0.1) is 0 Å². The molecule has 1 saturated heterocycles. The number of nitrogens with two attached hydrogens (primary N) is 1. The summed E-state index contributed by atoms with van der Waals surface area (Å²) in [6.45, 7) is 4.62. The molecule has 0 spiro atoms. The van der Waals surface area contributed by atoms with Gasteiger partial charge in [0.2, 0.25) is 5.91 Å². The van der Waals surface area contributed by atoms with Gasteiger partial charge in [-0.2, -0.15) is 0 Å². The van der Waals surface area contributed by atoms with Crippen LogP contribution in [0.2, 0.25) is 0 Å². The average Bonchev–Trinajstić information content (AvgIpc) is 2.28. The molecule has 1 rings (SSSR count). The number of piperidine rings is 1. The molecule has 1 fully saturated rings. The van der Waals surface area contributed by atoms with Crippen LogP contribution >= 0.6 is 0 Å². The summed E-state index contributed by atoms with van der Waals surface area (Å²) in [6.07, 6.45) is 2.71. The van der Waals surface area contributed by atoms with Crippen molar-refractivity contribution in [3.63, 3.8) is 0 Å². The molecule has 0 bridgehead atoms. The third-order valence-electron chi connectivity index (χ3n) is 3.00. The van der Waals surface area contributed by atoms with E-state index >= 15 is 0 Å². The van der Waals surface area contributed by atoms with Gasteiger partial charge in [-0.3, -0.25) is 14.5 Å². The minimum atomic E-state index is -0.391. The smallest absolute Gasteiger partial charge is 0.323 e. The largest absolute Gasteiger partial charge is 0.465 e. The highest BCUT2D eigenvalue weighted by Gasteiger charge is 2.33. The van der Waals surface area contributed by atoms with Gasteiger partial charge in [0.25, 0.3) is 0 Å². The zero-order valence-corrected chi connectivity index (χ0v) is 9.94. The van der Waals surface area contributed by atoms with Gasteiger partial charge in [-0.05, 0) is 33.2 Å². The first-order valence-corrected chi connectivity index (χ1v) is 5.79. The Morgan fingerprint density at radius 1 is 1.50 bits per heavy atom. The Bertz CT molecular complexity index is 268. The van der Waals surface area contributed by atoms with Crippen molar-refractivity contribution < 1.29 is 14.3 Å². The molecule has 0 aromatic carbocycles. The number of primary amides is 1. The molecule has 2 unspecified atom stereocenters. The Balaban J connectivity index is 2.67. The highest BCUT2D eigenvalue weighted by molar-refractivity contribution is 5.82. The van der Waals surface area contributed by atoms with Crippen LogP contribution < -0.4 is 5.73 Å². The van der Waals surface area contributed by atoms with Crippen LogP contribution in [0.5, 0.6) is 0 Å². The number of hydrogen-bond donors (Lipinski definition) is 1. The van der Waals surface area contributed by atoms with Crippen LogP contribution in [0.4, 0.5) is 0 Å². The van der Waals surface area contributed by atoms with Crippen molar-refractivity contribution in [3.05, 3.63) is 0 Å². The fourth-order valence-electron chi connectivity index (χ4n) is 2.12. The van der Waals surface area contributed by atoms with E-state index < -0.39 is 6.04 Å². The van der Waals surface area contributed by atoms with Crippen molar-refractivity contribution in [3.8, 4) is 0 Å². The number of carbonyl (C=O) groups is 2. The number of likely N-dealkylation sites (tertiary alicyclic amines) is 1. The minimum Gasteiger partial charge on any atom is -0.465 e. The number of rotatable bonds is 4. The number of esters is 1. The van der Waals surface area contributed by atoms with Crippen LogP contribution in [0.25, 0.3) is 0 Å². The predicted octanol–water partition coefficient (Wildman–Crippen LogP) is 0.278. The van der Waals surface area contributed by atoms with Crippen molar-refractivity contribution in [2.24, 2.45) is 5.73 Å². The van der Waals surface area contributed by atoms with Gasteiger partial charge in [-0.1, -0.05) is 6.42 Å². The van der Waals surface area contributed by atoms with E-state index in [0.29, 0.717) is 6.61 Å². The molecule has 5 nitrogen and oxygen atoms in total. The van der Waals surface area contributed by atoms with Crippen LogP contribution in [-0.2, 0) is 14.3 Å². The first-order valence-electron chi connectivity index (χ1n) is 5.79. The van der Waals surface area contributed by atoms with Crippen molar-refractivity contribution in [1.29, 1.82) is 0 Å². The zero-order valence-electron chi connectivity index (χ0n) is 9.94. The Kier molecular flexibility index (Phi) is 4.73. The molecule has 0 aromatic rings. The van der Waals surface area contributed by atoms with E-state index in [9.17, 15) is 9.59 Å². The third kappa shape index (κ3) is 2.95. The summed E-state index contributed by atoms with van der Waals surface area (Å²) in [5.41, 5.74) is 5.34. The summed E-state index contributed by atoms with van der Waals surface area (Å²) in [7, 11) is 0. The van der Waals surface area contributed by atoms with E-state index in [1.54, 1.807) is 13.8 Å². The second-order valence-electron chi connectivity index (χ2n) is 4.08. The van der Waals surface area contributed by atoms with E-state index in [-0.39, 0.29) is 17.9 Å². The molecule has 16 heavy (non-hydrogen) atoms. The summed E-state index contributed by atoms with van der Waals surface area (Å²) >= 11 is 0. The third-order valence-corrected chi connectivity index (χ3v) is 3.00. The molecular weight excluding hydrogens is 208 g/mol. The maximum atomic E-state index is 11.6. The van der Waals surface area contributed by atoms with Gasteiger partial charge in [0.05, 0.1) is 12.6 Å². The molecule has 0 aromatic heterocycles. The summed E-state index contributed by atoms with van der Waals surface area (Å²) in [4.78, 5) is 24.7. The van der Waals surface area contributed by atoms with Crippen LogP contribution in [0.3, 0.4) is 0 Å². The first-order chi connectivity index (χ1) is 7.57. The van der Waals surface area contributed by atoms with Gasteiger partial charge in [0.15, 0.2) is 0 Å². The highest BCUT2D eigenvalue weighted by atomic mass is 16.5. The standard InChI is InChI=1S/C11H20N2O3/c1-3-16-11(15)8(2)13-7-5-4-6-9(13)10(12)14/h8-9H,3-7H2,1-2H3,(H2,12,14). The fraction of sp³-hybridized carbons (Fsp3) is 0.818. The zero-order chi connectivity index (χ0) is 12.1. The first kappa shape index (κ1) is 13.0. The molecule has 0 aliphatic carbocycles.